The molecule has 1 aromatic carbocycles. The minimum atomic E-state index is -0.567. The number of aromatic amines is 1. The molecule has 0 saturated heterocycles. The van der Waals surface area contributed by atoms with Gasteiger partial charge in [-0.1, -0.05) is 0 Å². The lowest BCUT2D eigenvalue weighted by Gasteiger charge is -2.07. The summed E-state index contributed by atoms with van der Waals surface area (Å²) in [6, 6.07) is 4.22. The molecule has 2 rings (SSSR count). The maximum atomic E-state index is 12.2. The second-order valence-electron chi connectivity index (χ2n) is 4.41. The molecule has 0 aliphatic carbocycles. The third-order valence-electron chi connectivity index (χ3n) is 2.99. The number of anilines is 1. The van der Waals surface area contributed by atoms with Crippen LogP contribution in [0.3, 0.4) is 0 Å². The van der Waals surface area contributed by atoms with Crippen molar-refractivity contribution in [2.24, 2.45) is 0 Å². The Balaban J connectivity index is 2.30. The van der Waals surface area contributed by atoms with Gasteiger partial charge in [0.15, 0.2) is 5.75 Å². The van der Waals surface area contributed by atoms with Crippen molar-refractivity contribution in [1.29, 1.82) is 0 Å². The number of amides is 1. The molecule has 0 bridgehead atoms. The van der Waals surface area contributed by atoms with E-state index in [1.54, 1.807) is 13.8 Å². The smallest absolute Gasteiger partial charge is 0.312 e. The van der Waals surface area contributed by atoms with Crippen LogP contribution in [0.1, 0.15) is 21.7 Å². The van der Waals surface area contributed by atoms with Crippen molar-refractivity contribution in [1.82, 2.24) is 10.2 Å². The Bertz CT molecular complexity index is 689. The van der Waals surface area contributed by atoms with Gasteiger partial charge in [0.25, 0.3) is 5.91 Å². The normalized spacial score (nSPS) is 10.2. The highest BCUT2D eigenvalue weighted by Gasteiger charge is 2.19. The highest BCUT2D eigenvalue weighted by Crippen LogP contribution is 2.30. The molecular formula is C13H14N4O4. The minimum absolute atomic E-state index is 0.133. The second-order valence-corrected chi connectivity index (χ2v) is 4.41. The number of aryl methyl sites for hydroxylation is 2. The summed E-state index contributed by atoms with van der Waals surface area (Å²) in [5, 5.41) is 20.2. The Hall–Kier alpha value is -2.90. The Morgan fingerprint density at radius 1 is 1.43 bits per heavy atom. The number of rotatable bonds is 4. The monoisotopic (exact) mass is 290 g/mol. The van der Waals surface area contributed by atoms with Crippen LogP contribution in [0.2, 0.25) is 0 Å². The lowest BCUT2D eigenvalue weighted by atomic mass is 10.1. The Morgan fingerprint density at radius 3 is 2.67 bits per heavy atom. The van der Waals surface area contributed by atoms with Gasteiger partial charge in [-0.15, -0.1) is 0 Å². The average Bonchev–Trinajstić information content (AvgIpc) is 2.78. The first kappa shape index (κ1) is 14.5. The molecule has 1 aromatic heterocycles. The molecule has 0 atom stereocenters. The maximum Gasteiger partial charge on any atom is 0.312 e. The quantitative estimate of drug-likeness (QED) is 0.662. The van der Waals surface area contributed by atoms with E-state index < -0.39 is 4.92 Å². The van der Waals surface area contributed by atoms with Crippen molar-refractivity contribution < 1.29 is 14.5 Å². The summed E-state index contributed by atoms with van der Waals surface area (Å²) < 4.78 is 4.91. The Labute approximate surface area is 120 Å². The van der Waals surface area contributed by atoms with Crippen LogP contribution in [0, 0.1) is 24.0 Å². The molecule has 110 valence electrons. The average molecular weight is 290 g/mol. The summed E-state index contributed by atoms with van der Waals surface area (Å²) in [5.74, 6) is -0.244. The van der Waals surface area contributed by atoms with Gasteiger partial charge in [-0.2, -0.15) is 5.10 Å². The van der Waals surface area contributed by atoms with Gasteiger partial charge < -0.3 is 10.1 Å². The molecule has 0 saturated carbocycles. The summed E-state index contributed by atoms with van der Waals surface area (Å²) in [7, 11) is 1.35. The van der Waals surface area contributed by atoms with Crippen molar-refractivity contribution in [3.8, 4) is 5.75 Å². The number of nitro benzene ring substituents is 1. The van der Waals surface area contributed by atoms with E-state index >= 15 is 0 Å². The highest BCUT2D eigenvalue weighted by molar-refractivity contribution is 6.06. The van der Waals surface area contributed by atoms with Gasteiger partial charge in [0, 0.05) is 17.4 Å². The van der Waals surface area contributed by atoms with E-state index in [-0.39, 0.29) is 17.3 Å². The number of hydrogen-bond acceptors (Lipinski definition) is 5. The van der Waals surface area contributed by atoms with Crippen LogP contribution in [0.5, 0.6) is 5.75 Å². The van der Waals surface area contributed by atoms with Gasteiger partial charge in [-0.05, 0) is 26.0 Å². The van der Waals surface area contributed by atoms with E-state index in [0.29, 0.717) is 22.6 Å². The molecule has 21 heavy (non-hydrogen) atoms. The first-order valence-electron chi connectivity index (χ1n) is 6.09. The lowest BCUT2D eigenvalue weighted by molar-refractivity contribution is -0.385. The zero-order chi connectivity index (χ0) is 15.6. The van der Waals surface area contributed by atoms with Crippen molar-refractivity contribution in [2.45, 2.75) is 13.8 Å². The molecule has 2 aromatic rings. The van der Waals surface area contributed by atoms with E-state index in [1.165, 1.54) is 25.3 Å². The van der Waals surface area contributed by atoms with E-state index in [0.717, 1.165) is 0 Å². The lowest BCUT2D eigenvalue weighted by Crippen LogP contribution is -2.13. The largest absolute Gasteiger partial charge is 0.490 e. The van der Waals surface area contributed by atoms with E-state index in [9.17, 15) is 14.9 Å². The molecule has 8 nitrogen and oxygen atoms in total. The molecule has 0 unspecified atom stereocenters. The van der Waals surface area contributed by atoms with Crippen LogP contribution < -0.4 is 10.1 Å². The van der Waals surface area contributed by atoms with Gasteiger partial charge >= 0.3 is 5.69 Å². The fraction of sp³-hybridized carbons (Fsp3) is 0.231. The Morgan fingerprint density at radius 2 is 2.14 bits per heavy atom. The van der Waals surface area contributed by atoms with Crippen LogP contribution in [0.25, 0.3) is 0 Å². The third kappa shape index (κ3) is 2.83. The number of hydrogen-bond donors (Lipinski definition) is 2. The number of methoxy groups -OCH3 is 1. The molecule has 1 amide bonds. The molecular weight excluding hydrogens is 276 g/mol. The third-order valence-corrected chi connectivity index (χ3v) is 2.99. The number of nitrogens with one attached hydrogen (secondary N) is 2. The standard InChI is InChI=1S/C13H14N4O4/c1-7-12(8(2)16-15-7)13(18)14-9-4-5-11(21-3)10(6-9)17(19)20/h4-6H,1-3H3,(H,14,18)(H,15,16). The zero-order valence-corrected chi connectivity index (χ0v) is 11.8. The number of H-pyrrole nitrogens is 1. The number of carbonyl (C=O) groups excluding carboxylic acids is 1. The van der Waals surface area contributed by atoms with Crippen molar-refractivity contribution in [3.63, 3.8) is 0 Å². The maximum absolute atomic E-state index is 12.2. The van der Waals surface area contributed by atoms with Gasteiger partial charge in [-0.25, -0.2) is 0 Å². The van der Waals surface area contributed by atoms with Gasteiger partial charge in [0.1, 0.15) is 0 Å². The summed E-state index contributed by atoms with van der Waals surface area (Å²) in [5.41, 5.74) is 1.72. The minimum Gasteiger partial charge on any atom is -0.490 e. The number of nitrogens with zero attached hydrogens (tertiary/aromatic N) is 2. The molecule has 0 radical (unpaired) electrons. The van der Waals surface area contributed by atoms with Crippen LogP contribution >= 0.6 is 0 Å². The SMILES string of the molecule is COc1ccc(NC(=O)c2c(C)n[nH]c2C)cc1[N+](=O)[O-]. The Kier molecular flexibility index (Phi) is 3.88. The van der Waals surface area contributed by atoms with Crippen molar-refractivity contribution in [2.75, 3.05) is 12.4 Å². The number of benzene rings is 1. The first-order chi connectivity index (χ1) is 9.93. The molecule has 0 aliphatic heterocycles. The van der Waals surface area contributed by atoms with Crippen LogP contribution in [0.15, 0.2) is 18.2 Å². The highest BCUT2D eigenvalue weighted by atomic mass is 16.6. The summed E-state index contributed by atoms with van der Waals surface area (Å²) >= 11 is 0. The van der Waals surface area contributed by atoms with E-state index in [2.05, 4.69) is 15.5 Å². The molecule has 0 spiro atoms. The van der Waals surface area contributed by atoms with Gasteiger partial charge in [0.2, 0.25) is 0 Å². The van der Waals surface area contributed by atoms with Crippen LogP contribution in [0.4, 0.5) is 11.4 Å². The first-order valence-corrected chi connectivity index (χ1v) is 6.09. The van der Waals surface area contributed by atoms with Crippen LogP contribution in [-0.2, 0) is 0 Å². The number of aromatic nitrogens is 2. The number of carbonyl (C=O) groups is 1. The van der Waals surface area contributed by atoms with Crippen molar-refractivity contribution in [3.05, 3.63) is 45.3 Å². The van der Waals surface area contributed by atoms with E-state index in [1.807, 2.05) is 0 Å². The topological polar surface area (TPSA) is 110 Å². The zero-order valence-electron chi connectivity index (χ0n) is 11.8. The van der Waals surface area contributed by atoms with Gasteiger partial charge in [0.05, 0.1) is 23.3 Å². The predicted octanol–water partition coefficient (Wildman–Crippen LogP) is 2.20. The van der Waals surface area contributed by atoms with Crippen LogP contribution in [-0.4, -0.2) is 28.1 Å². The summed E-state index contributed by atoms with van der Waals surface area (Å²) in [6.45, 7) is 3.43. The summed E-state index contributed by atoms with van der Waals surface area (Å²) in [6.07, 6.45) is 0. The fourth-order valence-electron chi connectivity index (χ4n) is 1.99. The second kappa shape index (κ2) is 5.61. The summed E-state index contributed by atoms with van der Waals surface area (Å²) in [4.78, 5) is 22.6. The molecule has 8 heteroatoms. The van der Waals surface area contributed by atoms with Crippen molar-refractivity contribution >= 4 is 17.3 Å². The van der Waals surface area contributed by atoms with Gasteiger partial charge in [-0.3, -0.25) is 20.0 Å². The fourth-order valence-corrected chi connectivity index (χ4v) is 1.99. The molecule has 2 N–H and O–H groups in total. The number of nitro groups is 1. The number of ether oxygens (including phenoxy) is 1. The molecule has 0 fully saturated rings. The molecule has 1 heterocycles. The molecule has 0 aliphatic rings. The van der Waals surface area contributed by atoms with E-state index in [4.69, 9.17) is 4.74 Å². The predicted molar refractivity (Wildman–Crippen MR) is 75.7 cm³/mol.